The van der Waals surface area contributed by atoms with Crippen LogP contribution in [0.2, 0.25) is 0 Å². The lowest BCUT2D eigenvalue weighted by atomic mass is 10.1. The Hall–Kier alpha value is -1.12. The Morgan fingerprint density at radius 3 is 2.62 bits per heavy atom. The maximum atomic E-state index is 4.43. The lowest BCUT2D eigenvalue weighted by Crippen LogP contribution is -2.13. The van der Waals surface area contributed by atoms with Gasteiger partial charge in [0.2, 0.25) is 5.95 Å². The molecule has 1 aromatic heterocycles. The van der Waals surface area contributed by atoms with Crippen molar-refractivity contribution in [3.05, 3.63) is 18.0 Å². The van der Waals surface area contributed by atoms with Crippen molar-refractivity contribution in [3.63, 3.8) is 0 Å². The third kappa shape index (κ3) is 3.01. The molecule has 0 atom stereocenters. The molecule has 0 aliphatic heterocycles. The van der Waals surface area contributed by atoms with E-state index in [1.807, 2.05) is 31.3 Å². The van der Waals surface area contributed by atoms with Crippen molar-refractivity contribution in [2.75, 3.05) is 19.0 Å². The first-order chi connectivity index (χ1) is 6.09. The van der Waals surface area contributed by atoms with Gasteiger partial charge in [-0.3, -0.25) is 0 Å². The van der Waals surface area contributed by atoms with Crippen LogP contribution in [0.15, 0.2) is 12.3 Å². The van der Waals surface area contributed by atoms with Gasteiger partial charge in [0.05, 0.1) is 0 Å². The lowest BCUT2D eigenvalue weighted by molar-refractivity contribution is 0.633. The molecule has 13 heavy (non-hydrogen) atoms. The molecular formula is C10H17N3. The van der Waals surface area contributed by atoms with Crippen LogP contribution in [-0.4, -0.2) is 24.1 Å². The Labute approximate surface area is 79.8 Å². The highest BCUT2D eigenvalue weighted by atomic mass is 15.2. The first kappa shape index (κ1) is 9.96. The van der Waals surface area contributed by atoms with E-state index >= 15 is 0 Å². The smallest absolute Gasteiger partial charge is 0.224 e. The second kappa shape index (κ2) is 4.21. The maximum Gasteiger partial charge on any atom is 0.224 e. The van der Waals surface area contributed by atoms with Crippen molar-refractivity contribution in [1.29, 1.82) is 0 Å². The molecule has 0 fully saturated rings. The quantitative estimate of drug-likeness (QED) is 0.707. The number of anilines is 1. The predicted molar refractivity (Wildman–Crippen MR) is 54.9 cm³/mol. The molecule has 0 bridgehead atoms. The number of nitrogens with zero attached hydrogens (tertiary/aromatic N) is 3. The van der Waals surface area contributed by atoms with Crippen LogP contribution >= 0.6 is 0 Å². The Bertz CT molecular complexity index is 269. The number of rotatable bonds is 3. The summed E-state index contributed by atoms with van der Waals surface area (Å²) in [5, 5.41) is 0. The summed E-state index contributed by atoms with van der Waals surface area (Å²) in [6.07, 6.45) is 2.84. The molecule has 0 radical (unpaired) electrons. The molecule has 3 heteroatoms. The zero-order valence-electron chi connectivity index (χ0n) is 8.78. The first-order valence-electron chi connectivity index (χ1n) is 4.59. The molecule has 0 saturated heterocycles. The van der Waals surface area contributed by atoms with Crippen molar-refractivity contribution in [2.45, 2.75) is 20.3 Å². The van der Waals surface area contributed by atoms with Gasteiger partial charge in [0.25, 0.3) is 0 Å². The standard InChI is InChI=1S/C10H17N3/c1-8(2)7-9-5-6-11-10(12-9)13(3)4/h5-6,8H,7H2,1-4H3. The second-order valence-corrected chi connectivity index (χ2v) is 3.84. The van der Waals surface area contributed by atoms with Crippen molar-refractivity contribution >= 4 is 5.95 Å². The summed E-state index contributed by atoms with van der Waals surface area (Å²) in [5.74, 6) is 1.43. The molecule has 3 nitrogen and oxygen atoms in total. The van der Waals surface area contributed by atoms with E-state index in [4.69, 9.17) is 0 Å². The van der Waals surface area contributed by atoms with Gasteiger partial charge in [0.1, 0.15) is 0 Å². The van der Waals surface area contributed by atoms with Gasteiger partial charge in [0.15, 0.2) is 0 Å². The van der Waals surface area contributed by atoms with Gasteiger partial charge in [-0.1, -0.05) is 13.8 Å². The van der Waals surface area contributed by atoms with E-state index in [1.165, 1.54) is 0 Å². The Kier molecular flexibility index (Phi) is 3.23. The van der Waals surface area contributed by atoms with E-state index in [1.54, 1.807) is 0 Å². The summed E-state index contributed by atoms with van der Waals surface area (Å²) in [4.78, 5) is 10.5. The van der Waals surface area contributed by atoms with Crippen LogP contribution in [0.25, 0.3) is 0 Å². The molecule has 0 saturated carbocycles. The number of aromatic nitrogens is 2. The summed E-state index contributed by atoms with van der Waals surface area (Å²) < 4.78 is 0. The summed E-state index contributed by atoms with van der Waals surface area (Å²) in [6.45, 7) is 4.38. The zero-order valence-corrected chi connectivity index (χ0v) is 8.78. The molecule has 0 spiro atoms. The van der Waals surface area contributed by atoms with Crippen LogP contribution in [0.4, 0.5) is 5.95 Å². The van der Waals surface area contributed by atoms with Crippen LogP contribution in [0.1, 0.15) is 19.5 Å². The van der Waals surface area contributed by atoms with Crippen LogP contribution in [0.3, 0.4) is 0 Å². The van der Waals surface area contributed by atoms with E-state index in [-0.39, 0.29) is 0 Å². The van der Waals surface area contributed by atoms with E-state index in [2.05, 4.69) is 23.8 Å². The van der Waals surface area contributed by atoms with E-state index in [9.17, 15) is 0 Å². The van der Waals surface area contributed by atoms with Crippen LogP contribution in [-0.2, 0) is 6.42 Å². The molecule has 0 aliphatic rings. The van der Waals surface area contributed by atoms with Crippen molar-refractivity contribution < 1.29 is 0 Å². The average molecular weight is 179 g/mol. The van der Waals surface area contributed by atoms with E-state index < -0.39 is 0 Å². The minimum Gasteiger partial charge on any atom is -0.347 e. The van der Waals surface area contributed by atoms with Crippen molar-refractivity contribution in [2.24, 2.45) is 5.92 Å². The Balaban J connectivity index is 2.79. The van der Waals surface area contributed by atoms with Crippen LogP contribution in [0.5, 0.6) is 0 Å². The molecule has 0 unspecified atom stereocenters. The molecule has 0 aliphatic carbocycles. The molecule has 72 valence electrons. The SMILES string of the molecule is CC(C)Cc1ccnc(N(C)C)n1. The highest BCUT2D eigenvalue weighted by Gasteiger charge is 2.02. The van der Waals surface area contributed by atoms with E-state index in [0.717, 1.165) is 18.1 Å². The summed E-state index contributed by atoms with van der Waals surface area (Å²) in [5.41, 5.74) is 1.12. The molecule has 1 aromatic rings. The fourth-order valence-corrected chi connectivity index (χ4v) is 1.13. The molecular weight excluding hydrogens is 162 g/mol. The molecule has 1 heterocycles. The highest BCUT2D eigenvalue weighted by Crippen LogP contribution is 2.08. The van der Waals surface area contributed by atoms with Gasteiger partial charge in [-0.2, -0.15) is 0 Å². The Morgan fingerprint density at radius 1 is 1.38 bits per heavy atom. The fraction of sp³-hybridized carbons (Fsp3) is 0.600. The molecule has 0 aromatic carbocycles. The van der Waals surface area contributed by atoms with Crippen LogP contribution in [0, 0.1) is 5.92 Å². The first-order valence-corrected chi connectivity index (χ1v) is 4.59. The molecule has 0 N–H and O–H groups in total. The fourth-order valence-electron chi connectivity index (χ4n) is 1.13. The van der Waals surface area contributed by atoms with Gasteiger partial charge in [-0.25, -0.2) is 9.97 Å². The molecule has 1 rings (SSSR count). The van der Waals surface area contributed by atoms with Gasteiger partial charge < -0.3 is 4.90 Å². The third-order valence-electron chi connectivity index (χ3n) is 1.72. The van der Waals surface area contributed by atoms with Crippen molar-refractivity contribution in [3.8, 4) is 0 Å². The third-order valence-corrected chi connectivity index (χ3v) is 1.72. The largest absolute Gasteiger partial charge is 0.347 e. The summed E-state index contributed by atoms with van der Waals surface area (Å²) in [6, 6.07) is 1.98. The average Bonchev–Trinajstić information content (AvgIpc) is 2.03. The molecule has 0 amide bonds. The Morgan fingerprint density at radius 2 is 2.08 bits per heavy atom. The minimum atomic E-state index is 0.643. The van der Waals surface area contributed by atoms with E-state index in [0.29, 0.717) is 5.92 Å². The zero-order chi connectivity index (χ0) is 9.84. The lowest BCUT2D eigenvalue weighted by Gasteiger charge is -2.11. The van der Waals surface area contributed by atoms with Gasteiger partial charge in [-0.15, -0.1) is 0 Å². The number of hydrogen-bond acceptors (Lipinski definition) is 3. The van der Waals surface area contributed by atoms with Gasteiger partial charge in [0, 0.05) is 26.0 Å². The monoisotopic (exact) mass is 179 g/mol. The minimum absolute atomic E-state index is 0.643. The van der Waals surface area contributed by atoms with Gasteiger partial charge >= 0.3 is 0 Å². The number of hydrogen-bond donors (Lipinski definition) is 0. The maximum absolute atomic E-state index is 4.43. The predicted octanol–water partition coefficient (Wildman–Crippen LogP) is 1.74. The van der Waals surface area contributed by atoms with Gasteiger partial charge in [-0.05, 0) is 18.4 Å². The topological polar surface area (TPSA) is 29.0 Å². The highest BCUT2D eigenvalue weighted by molar-refractivity contribution is 5.27. The second-order valence-electron chi connectivity index (χ2n) is 3.84. The normalized spacial score (nSPS) is 10.5. The van der Waals surface area contributed by atoms with Crippen molar-refractivity contribution in [1.82, 2.24) is 9.97 Å². The summed E-state index contributed by atoms with van der Waals surface area (Å²) >= 11 is 0. The summed E-state index contributed by atoms with van der Waals surface area (Å²) in [7, 11) is 3.91. The van der Waals surface area contributed by atoms with Crippen LogP contribution < -0.4 is 4.90 Å².